The number of carboxylic acid groups (broad SMARTS) is 1. The van der Waals surface area contributed by atoms with Crippen molar-refractivity contribution in [3.63, 3.8) is 0 Å². The quantitative estimate of drug-likeness (QED) is 0.755. The first-order valence-electron chi connectivity index (χ1n) is 7.51. The highest BCUT2D eigenvalue weighted by Crippen LogP contribution is 2.31. The molecule has 1 aliphatic rings. The van der Waals surface area contributed by atoms with Crippen LogP contribution in [0.1, 0.15) is 30.1 Å². The van der Waals surface area contributed by atoms with Crippen LogP contribution in [0.4, 0.5) is 4.39 Å². The number of carbonyl (C=O) groups is 1. The number of carboxylic acids is 1. The van der Waals surface area contributed by atoms with Crippen LogP contribution in [-0.4, -0.2) is 29.3 Å². The van der Waals surface area contributed by atoms with Crippen LogP contribution < -0.4 is 4.72 Å². The van der Waals surface area contributed by atoms with E-state index in [1.807, 2.05) is 0 Å². The van der Waals surface area contributed by atoms with Gasteiger partial charge in [0.2, 0.25) is 10.0 Å². The minimum absolute atomic E-state index is 0.168. The maximum absolute atomic E-state index is 13.6. The van der Waals surface area contributed by atoms with Crippen LogP contribution >= 0.6 is 15.9 Å². The highest BCUT2D eigenvalue weighted by molar-refractivity contribution is 9.10. The van der Waals surface area contributed by atoms with Crippen LogP contribution in [-0.2, 0) is 27.8 Å². The summed E-state index contributed by atoms with van der Waals surface area (Å²) in [6.45, 7) is -0.271. The van der Waals surface area contributed by atoms with Gasteiger partial charge in [-0.05, 0) is 53.4 Å². The van der Waals surface area contributed by atoms with Crippen LogP contribution in [0.3, 0.4) is 0 Å². The van der Waals surface area contributed by atoms with Crippen molar-refractivity contribution in [3.8, 4) is 0 Å². The van der Waals surface area contributed by atoms with Gasteiger partial charge in [-0.2, -0.15) is 5.10 Å². The Kier molecular flexibility index (Phi) is 4.94. The van der Waals surface area contributed by atoms with Gasteiger partial charge in [0.25, 0.3) is 0 Å². The first-order valence-corrected chi connectivity index (χ1v) is 9.79. The SMILES string of the molecule is O=C(O)Cn1ncc2c1CCCC2NS(=O)(=O)c1ccc(Br)c(F)c1. The summed E-state index contributed by atoms with van der Waals surface area (Å²) in [6, 6.07) is 3.07. The van der Waals surface area contributed by atoms with Gasteiger partial charge in [-0.25, -0.2) is 17.5 Å². The van der Waals surface area contributed by atoms with Crippen molar-refractivity contribution in [1.82, 2.24) is 14.5 Å². The first-order chi connectivity index (χ1) is 11.8. The third-order valence-electron chi connectivity index (χ3n) is 4.05. The van der Waals surface area contributed by atoms with Gasteiger partial charge in [0.1, 0.15) is 12.4 Å². The van der Waals surface area contributed by atoms with E-state index < -0.39 is 27.9 Å². The molecular weight excluding hydrogens is 417 g/mol. The fraction of sp³-hybridized carbons (Fsp3) is 0.333. The average Bonchev–Trinajstić information content (AvgIpc) is 2.93. The summed E-state index contributed by atoms with van der Waals surface area (Å²) < 4.78 is 42.9. The smallest absolute Gasteiger partial charge is 0.325 e. The molecule has 3 rings (SSSR count). The fourth-order valence-electron chi connectivity index (χ4n) is 2.90. The van der Waals surface area contributed by atoms with E-state index in [9.17, 15) is 17.6 Å². The Bertz CT molecular complexity index is 929. The molecule has 0 spiro atoms. The third-order valence-corrected chi connectivity index (χ3v) is 6.16. The van der Waals surface area contributed by atoms with Crippen molar-refractivity contribution in [3.05, 3.63) is 45.9 Å². The molecule has 1 heterocycles. The molecule has 1 aromatic heterocycles. The summed E-state index contributed by atoms with van der Waals surface area (Å²) in [4.78, 5) is 10.7. The van der Waals surface area contributed by atoms with Crippen LogP contribution in [0.15, 0.2) is 33.8 Å². The molecule has 1 atom stereocenters. The minimum atomic E-state index is -3.92. The summed E-state index contributed by atoms with van der Waals surface area (Å²) >= 11 is 2.99. The molecule has 0 radical (unpaired) electrons. The topological polar surface area (TPSA) is 101 Å². The second kappa shape index (κ2) is 6.85. The molecule has 2 aromatic rings. The number of nitrogens with zero attached hydrogens (tertiary/aromatic N) is 2. The maximum atomic E-state index is 13.6. The molecule has 134 valence electrons. The fourth-order valence-corrected chi connectivity index (χ4v) is 4.41. The summed E-state index contributed by atoms with van der Waals surface area (Å²) in [5.41, 5.74) is 1.37. The summed E-state index contributed by atoms with van der Waals surface area (Å²) in [5, 5.41) is 13.0. The largest absolute Gasteiger partial charge is 0.480 e. The van der Waals surface area contributed by atoms with Crippen molar-refractivity contribution < 1.29 is 22.7 Å². The normalized spacial score (nSPS) is 17.3. The number of nitrogens with one attached hydrogen (secondary N) is 1. The second-order valence-electron chi connectivity index (χ2n) is 5.74. The number of hydrogen-bond acceptors (Lipinski definition) is 4. The highest BCUT2D eigenvalue weighted by Gasteiger charge is 2.29. The molecule has 0 amide bonds. The Morgan fingerprint density at radius 2 is 2.24 bits per heavy atom. The number of sulfonamides is 1. The van der Waals surface area contributed by atoms with Gasteiger partial charge in [-0.1, -0.05) is 0 Å². The molecule has 0 saturated carbocycles. The second-order valence-corrected chi connectivity index (χ2v) is 8.31. The number of fused-ring (bicyclic) bond motifs is 1. The Labute approximate surface area is 152 Å². The highest BCUT2D eigenvalue weighted by atomic mass is 79.9. The van der Waals surface area contributed by atoms with Crippen LogP contribution in [0, 0.1) is 5.82 Å². The third kappa shape index (κ3) is 3.75. The van der Waals surface area contributed by atoms with Crippen molar-refractivity contribution in [2.45, 2.75) is 36.7 Å². The van der Waals surface area contributed by atoms with Gasteiger partial charge in [0.15, 0.2) is 0 Å². The zero-order valence-electron chi connectivity index (χ0n) is 12.9. The Hall–Kier alpha value is -1.78. The number of benzene rings is 1. The van der Waals surface area contributed by atoms with E-state index in [2.05, 4.69) is 25.8 Å². The zero-order chi connectivity index (χ0) is 18.2. The van der Waals surface area contributed by atoms with Gasteiger partial charge >= 0.3 is 5.97 Å². The van der Waals surface area contributed by atoms with E-state index in [0.29, 0.717) is 30.5 Å². The summed E-state index contributed by atoms with van der Waals surface area (Å²) in [6.07, 6.45) is 3.38. The molecule has 25 heavy (non-hydrogen) atoms. The lowest BCUT2D eigenvalue weighted by atomic mass is 9.94. The number of aliphatic carboxylic acids is 1. The number of hydrogen-bond donors (Lipinski definition) is 2. The molecule has 0 aliphatic heterocycles. The Morgan fingerprint density at radius 1 is 1.48 bits per heavy atom. The van der Waals surface area contributed by atoms with E-state index in [0.717, 1.165) is 6.07 Å². The molecule has 1 unspecified atom stereocenters. The predicted molar refractivity (Wildman–Crippen MR) is 90.0 cm³/mol. The van der Waals surface area contributed by atoms with E-state index >= 15 is 0 Å². The lowest BCUT2D eigenvalue weighted by Gasteiger charge is -2.24. The van der Waals surface area contributed by atoms with Gasteiger partial charge in [0.05, 0.1) is 21.6 Å². The lowest BCUT2D eigenvalue weighted by Crippen LogP contribution is -2.31. The van der Waals surface area contributed by atoms with Crippen LogP contribution in [0.2, 0.25) is 0 Å². The molecule has 1 aliphatic carbocycles. The standard InChI is InChI=1S/C15H15BrFN3O4S/c16-11-5-4-9(6-12(11)17)25(23,24)19-13-2-1-3-14-10(13)7-18-20(14)8-15(21)22/h4-7,13,19H,1-3,8H2,(H,21,22). The van der Waals surface area contributed by atoms with Crippen molar-refractivity contribution in [1.29, 1.82) is 0 Å². The summed E-state index contributed by atoms with van der Waals surface area (Å²) in [7, 11) is -3.92. The molecule has 0 fully saturated rings. The minimum Gasteiger partial charge on any atom is -0.480 e. The Morgan fingerprint density at radius 3 is 2.92 bits per heavy atom. The van der Waals surface area contributed by atoms with Crippen molar-refractivity contribution >= 4 is 31.9 Å². The molecule has 0 saturated heterocycles. The maximum Gasteiger partial charge on any atom is 0.325 e. The molecular formula is C15H15BrFN3O4S. The van der Waals surface area contributed by atoms with E-state index in [1.54, 1.807) is 0 Å². The van der Waals surface area contributed by atoms with E-state index in [4.69, 9.17) is 5.11 Å². The predicted octanol–water partition coefficient (Wildman–Crippen LogP) is 2.23. The number of rotatable bonds is 5. The average molecular weight is 432 g/mol. The Balaban J connectivity index is 1.88. The monoisotopic (exact) mass is 431 g/mol. The molecule has 10 heteroatoms. The molecule has 1 aromatic carbocycles. The van der Waals surface area contributed by atoms with Gasteiger partial charge in [0, 0.05) is 11.3 Å². The van der Waals surface area contributed by atoms with Crippen LogP contribution in [0.25, 0.3) is 0 Å². The molecule has 2 N–H and O–H groups in total. The van der Waals surface area contributed by atoms with E-state index in [1.165, 1.54) is 23.0 Å². The zero-order valence-corrected chi connectivity index (χ0v) is 15.3. The number of aromatic nitrogens is 2. The molecule has 7 nitrogen and oxygen atoms in total. The summed E-state index contributed by atoms with van der Waals surface area (Å²) in [5.74, 6) is -1.68. The van der Waals surface area contributed by atoms with Crippen molar-refractivity contribution in [2.24, 2.45) is 0 Å². The lowest BCUT2D eigenvalue weighted by molar-refractivity contribution is -0.137. The van der Waals surface area contributed by atoms with Crippen molar-refractivity contribution in [2.75, 3.05) is 0 Å². The first kappa shape index (κ1) is 18.0. The molecule has 0 bridgehead atoms. The van der Waals surface area contributed by atoms with Crippen LogP contribution in [0.5, 0.6) is 0 Å². The van der Waals surface area contributed by atoms with Gasteiger partial charge < -0.3 is 5.11 Å². The van der Waals surface area contributed by atoms with Gasteiger partial charge in [-0.3, -0.25) is 9.48 Å². The van der Waals surface area contributed by atoms with Gasteiger partial charge in [-0.15, -0.1) is 0 Å². The number of halogens is 2. The van der Waals surface area contributed by atoms with E-state index in [-0.39, 0.29) is 15.9 Å².